The largest absolute Gasteiger partial charge is 0.505 e. The first-order valence-electron chi connectivity index (χ1n) is 8.88. The molecule has 3 aromatic rings. The van der Waals surface area contributed by atoms with Crippen molar-refractivity contribution >= 4 is 34.4 Å². The molecule has 150 valence electrons. The number of fused-ring (bicyclic) bond motifs is 1. The number of nitrogens with one attached hydrogen (secondary N) is 1. The molecule has 1 heterocycles. The molecule has 0 bridgehead atoms. The Balaban J connectivity index is 2.05. The number of amides is 1. The lowest BCUT2D eigenvalue weighted by molar-refractivity contribution is -0.135. The number of rotatable bonds is 7. The van der Waals surface area contributed by atoms with E-state index in [9.17, 15) is 14.7 Å². The van der Waals surface area contributed by atoms with Crippen LogP contribution in [0.15, 0.2) is 58.3 Å². The summed E-state index contributed by atoms with van der Waals surface area (Å²) in [5.41, 5.74) is 0.442. The summed E-state index contributed by atoms with van der Waals surface area (Å²) in [6.45, 7) is -0.0941. The molecule has 8 heteroatoms. The second kappa shape index (κ2) is 8.93. The molecule has 0 atom stereocenters. The number of carboxylic acid groups (broad SMARTS) is 1. The van der Waals surface area contributed by atoms with Crippen LogP contribution in [0.1, 0.15) is 16.2 Å². The summed E-state index contributed by atoms with van der Waals surface area (Å²) in [6.07, 6.45) is 0. The van der Waals surface area contributed by atoms with Crippen LogP contribution in [-0.4, -0.2) is 52.6 Å². The fourth-order valence-corrected chi connectivity index (χ4v) is 3.73. The van der Waals surface area contributed by atoms with Gasteiger partial charge in [-0.2, -0.15) is 0 Å². The standard InChI is InChI=1S/C21H21N3O4S/c1-24(2)12-17-16-10-14(29-13-6-4-3-5-7-13)8-9-15(16)20(27)19(23-17)21(28)22-11-18(25)26/h3-10,27H,11-12H2,1-2H3,(H,22,28)(H,25,26). The van der Waals surface area contributed by atoms with Crippen LogP contribution in [-0.2, 0) is 11.3 Å². The van der Waals surface area contributed by atoms with Crippen LogP contribution in [0.25, 0.3) is 10.8 Å². The number of aliphatic carboxylic acids is 1. The van der Waals surface area contributed by atoms with Gasteiger partial charge in [-0.1, -0.05) is 30.0 Å². The Hall–Kier alpha value is -3.10. The first kappa shape index (κ1) is 20.6. The summed E-state index contributed by atoms with van der Waals surface area (Å²) >= 11 is 1.59. The molecule has 29 heavy (non-hydrogen) atoms. The molecular weight excluding hydrogens is 390 g/mol. The molecule has 0 aliphatic rings. The van der Waals surface area contributed by atoms with E-state index in [1.54, 1.807) is 17.8 Å². The Bertz CT molecular complexity index is 1050. The summed E-state index contributed by atoms with van der Waals surface area (Å²) in [4.78, 5) is 31.4. The molecule has 1 aromatic heterocycles. The smallest absolute Gasteiger partial charge is 0.322 e. The second-order valence-corrected chi connectivity index (χ2v) is 7.84. The molecule has 1 amide bonds. The number of carbonyl (C=O) groups is 2. The van der Waals surface area contributed by atoms with Crippen molar-refractivity contribution in [2.24, 2.45) is 0 Å². The van der Waals surface area contributed by atoms with Gasteiger partial charge in [0.15, 0.2) is 11.4 Å². The predicted molar refractivity (Wildman–Crippen MR) is 111 cm³/mol. The monoisotopic (exact) mass is 411 g/mol. The van der Waals surface area contributed by atoms with E-state index in [0.29, 0.717) is 17.6 Å². The highest BCUT2D eigenvalue weighted by Gasteiger charge is 2.20. The molecule has 3 N–H and O–H groups in total. The Kier molecular flexibility index (Phi) is 6.36. The number of carbonyl (C=O) groups excluding carboxylic acids is 1. The van der Waals surface area contributed by atoms with Crippen molar-refractivity contribution in [3.8, 4) is 5.75 Å². The van der Waals surface area contributed by atoms with E-state index in [1.807, 2.05) is 61.5 Å². The Labute approximate surface area is 172 Å². The van der Waals surface area contributed by atoms with E-state index in [2.05, 4.69) is 10.3 Å². The molecule has 0 spiro atoms. The summed E-state index contributed by atoms with van der Waals surface area (Å²) in [5.74, 6) is -2.16. The van der Waals surface area contributed by atoms with E-state index in [1.165, 1.54) is 0 Å². The van der Waals surface area contributed by atoms with Crippen molar-refractivity contribution in [3.05, 3.63) is 59.9 Å². The van der Waals surface area contributed by atoms with Crippen molar-refractivity contribution in [3.63, 3.8) is 0 Å². The molecule has 0 fully saturated rings. The fraction of sp³-hybridized carbons (Fsp3) is 0.190. The molecular formula is C21H21N3O4S. The van der Waals surface area contributed by atoms with E-state index >= 15 is 0 Å². The zero-order chi connectivity index (χ0) is 21.0. The highest BCUT2D eigenvalue weighted by Crippen LogP contribution is 2.35. The number of nitrogens with zero attached hydrogens (tertiary/aromatic N) is 2. The van der Waals surface area contributed by atoms with Gasteiger partial charge in [0.05, 0.1) is 5.69 Å². The van der Waals surface area contributed by atoms with Gasteiger partial charge < -0.3 is 20.4 Å². The van der Waals surface area contributed by atoms with Crippen molar-refractivity contribution in [1.29, 1.82) is 0 Å². The van der Waals surface area contributed by atoms with E-state index < -0.39 is 18.4 Å². The third-order valence-corrected chi connectivity index (χ3v) is 5.09. The van der Waals surface area contributed by atoms with Crippen LogP contribution >= 0.6 is 11.8 Å². The minimum absolute atomic E-state index is 0.181. The van der Waals surface area contributed by atoms with Gasteiger partial charge in [-0.25, -0.2) is 4.98 Å². The molecule has 2 aromatic carbocycles. The van der Waals surface area contributed by atoms with Gasteiger partial charge in [0.2, 0.25) is 0 Å². The van der Waals surface area contributed by atoms with Crippen LogP contribution in [0.3, 0.4) is 0 Å². The Morgan fingerprint density at radius 1 is 1.07 bits per heavy atom. The van der Waals surface area contributed by atoms with Crippen molar-refractivity contribution in [2.75, 3.05) is 20.6 Å². The lowest BCUT2D eigenvalue weighted by atomic mass is 10.1. The zero-order valence-corrected chi connectivity index (χ0v) is 16.9. The van der Waals surface area contributed by atoms with Crippen LogP contribution in [0, 0.1) is 0 Å². The van der Waals surface area contributed by atoms with E-state index in [-0.39, 0.29) is 11.4 Å². The summed E-state index contributed by atoms with van der Waals surface area (Å²) in [5, 5.41) is 22.9. The van der Waals surface area contributed by atoms with Crippen LogP contribution in [0.2, 0.25) is 0 Å². The number of pyridine rings is 1. The average Bonchev–Trinajstić information content (AvgIpc) is 2.68. The topological polar surface area (TPSA) is 103 Å². The summed E-state index contributed by atoms with van der Waals surface area (Å²) in [7, 11) is 3.76. The number of hydrogen-bond donors (Lipinski definition) is 3. The maximum atomic E-state index is 12.3. The predicted octanol–water partition coefficient (Wildman–Crippen LogP) is 2.97. The van der Waals surface area contributed by atoms with Crippen LogP contribution in [0.4, 0.5) is 0 Å². The van der Waals surface area contributed by atoms with Gasteiger partial charge in [0.1, 0.15) is 6.54 Å². The van der Waals surface area contributed by atoms with E-state index in [0.717, 1.165) is 15.2 Å². The number of benzene rings is 2. The Morgan fingerprint density at radius 2 is 1.79 bits per heavy atom. The van der Waals surface area contributed by atoms with Crippen molar-refractivity contribution in [1.82, 2.24) is 15.2 Å². The second-order valence-electron chi connectivity index (χ2n) is 6.69. The number of hydrogen-bond acceptors (Lipinski definition) is 6. The van der Waals surface area contributed by atoms with Gasteiger partial charge in [0, 0.05) is 27.1 Å². The van der Waals surface area contributed by atoms with E-state index in [4.69, 9.17) is 5.11 Å². The molecule has 0 saturated carbocycles. The minimum Gasteiger partial charge on any atom is -0.505 e. The first-order valence-corrected chi connectivity index (χ1v) is 9.70. The molecule has 0 unspecified atom stereocenters. The highest BCUT2D eigenvalue weighted by atomic mass is 32.2. The minimum atomic E-state index is -1.17. The lowest BCUT2D eigenvalue weighted by Gasteiger charge is -2.16. The summed E-state index contributed by atoms with van der Waals surface area (Å²) in [6, 6.07) is 15.5. The molecule has 0 aliphatic carbocycles. The molecule has 3 rings (SSSR count). The highest BCUT2D eigenvalue weighted by molar-refractivity contribution is 7.99. The maximum absolute atomic E-state index is 12.3. The van der Waals surface area contributed by atoms with Crippen LogP contribution < -0.4 is 5.32 Å². The lowest BCUT2D eigenvalue weighted by Crippen LogP contribution is -2.30. The third kappa shape index (κ3) is 5.04. The maximum Gasteiger partial charge on any atom is 0.322 e. The zero-order valence-electron chi connectivity index (χ0n) is 16.0. The molecule has 0 saturated heterocycles. The first-order chi connectivity index (χ1) is 13.8. The number of aromatic hydroxyl groups is 1. The third-order valence-electron chi connectivity index (χ3n) is 4.09. The number of aromatic nitrogens is 1. The van der Waals surface area contributed by atoms with Gasteiger partial charge >= 0.3 is 5.97 Å². The average molecular weight is 411 g/mol. The SMILES string of the molecule is CN(C)Cc1nc(C(=O)NCC(=O)O)c(O)c2ccc(Sc3ccccc3)cc12. The van der Waals surface area contributed by atoms with Gasteiger partial charge in [-0.3, -0.25) is 9.59 Å². The van der Waals surface area contributed by atoms with Gasteiger partial charge in [0.25, 0.3) is 5.91 Å². The van der Waals surface area contributed by atoms with Gasteiger partial charge in [-0.15, -0.1) is 0 Å². The molecule has 0 radical (unpaired) electrons. The summed E-state index contributed by atoms with van der Waals surface area (Å²) < 4.78 is 0. The van der Waals surface area contributed by atoms with Crippen molar-refractivity contribution < 1.29 is 19.8 Å². The molecule has 7 nitrogen and oxygen atoms in total. The van der Waals surface area contributed by atoms with Gasteiger partial charge in [-0.05, 0) is 44.4 Å². The Morgan fingerprint density at radius 3 is 2.45 bits per heavy atom. The normalized spacial score (nSPS) is 11.0. The number of carboxylic acids is 1. The fourth-order valence-electron chi connectivity index (χ4n) is 2.85. The molecule has 0 aliphatic heterocycles. The quantitative estimate of drug-likeness (QED) is 0.549. The van der Waals surface area contributed by atoms with Crippen LogP contribution in [0.5, 0.6) is 5.75 Å². The van der Waals surface area contributed by atoms with Crippen molar-refractivity contribution in [2.45, 2.75) is 16.3 Å².